The molecule has 7 heteroatoms. The number of carbonyl (C=O) groups excluding carboxylic acids is 2. The molecule has 1 N–H and O–H groups in total. The maximum Gasteiger partial charge on any atom is 0.254 e. The molecule has 0 fully saturated rings. The summed E-state index contributed by atoms with van der Waals surface area (Å²) in [6.45, 7) is 0.0590. The molecule has 0 saturated carbocycles. The molecule has 0 unspecified atom stereocenters. The minimum absolute atomic E-state index is 0.191. The molecule has 6 rings (SSSR count). The zero-order valence-corrected chi connectivity index (χ0v) is 23.8. The molecule has 44 heavy (non-hydrogen) atoms. The topological polar surface area (TPSA) is 67.2 Å². The van der Waals surface area contributed by atoms with E-state index in [1.54, 1.807) is 35.0 Å². The van der Waals surface area contributed by atoms with Gasteiger partial charge in [0.1, 0.15) is 18.2 Å². The van der Waals surface area contributed by atoms with E-state index in [1.807, 2.05) is 103 Å². The lowest BCUT2D eigenvalue weighted by atomic mass is 10.0. The zero-order valence-electron chi connectivity index (χ0n) is 23.8. The van der Waals surface area contributed by atoms with E-state index in [0.717, 1.165) is 22.3 Å². The van der Waals surface area contributed by atoms with Crippen LogP contribution in [-0.2, 0) is 11.3 Å². The lowest BCUT2D eigenvalue weighted by Crippen LogP contribution is -2.37. The minimum atomic E-state index is -0.391. The molecule has 0 atom stereocenters. The van der Waals surface area contributed by atoms with Crippen molar-refractivity contribution < 1.29 is 14.0 Å². The molecule has 6 nitrogen and oxygen atoms in total. The van der Waals surface area contributed by atoms with Gasteiger partial charge in [0, 0.05) is 23.7 Å². The van der Waals surface area contributed by atoms with Crippen molar-refractivity contribution in [3.8, 4) is 28.1 Å². The summed E-state index contributed by atoms with van der Waals surface area (Å²) in [4.78, 5) is 28.9. The van der Waals surface area contributed by atoms with E-state index in [-0.39, 0.29) is 24.8 Å². The third-order valence-corrected chi connectivity index (χ3v) is 7.19. The first kappa shape index (κ1) is 28.3. The standard InChI is InChI=1S/C37H29FN4O2/c38-32-20-22-33(23-21-32)42-35(24-34(40-42)30-14-8-3-9-15-30)39-36(43)26-41(25-27-10-4-1-5-11-27)37(44)31-18-16-29(17-19-31)28-12-6-2-7-13-28/h1-24H,25-26H2,(H,39,43). The summed E-state index contributed by atoms with van der Waals surface area (Å²) in [6, 6.07) is 44.1. The Kier molecular flexibility index (Phi) is 8.36. The summed E-state index contributed by atoms with van der Waals surface area (Å²) in [6.07, 6.45) is 0. The number of nitrogens with zero attached hydrogens (tertiary/aromatic N) is 3. The minimum Gasteiger partial charge on any atom is -0.325 e. The molecule has 1 aromatic heterocycles. The Bertz CT molecular complexity index is 1860. The number of anilines is 1. The quantitative estimate of drug-likeness (QED) is 0.191. The van der Waals surface area contributed by atoms with E-state index in [9.17, 15) is 14.0 Å². The van der Waals surface area contributed by atoms with E-state index in [2.05, 4.69) is 5.32 Å². The van der Waals surface area contributed by atoms with Crippen molar-refractivity contribution in [3.05, 3.63) is 163 Å². The van der Waals surface area contributed by atoms with Gasteiger partial charge in [-0.2, -0.15) is 5.10 Å². The van der Waals surface area contributed by atoms with Crippen LogP contribution in [0.5, 0.6) is 0 Å². The normalized spacial score (nSPS) is 10.8. The SMILES string of the molecule is O=C(CN(Cc1ccccc1)C(=O)c1ccc(-c2ccccc2)cc1)Nc1cc(-c2ccccc2)nn1-c1ccc(F)cc1. The third kappa shape index (κ3) is 6.63. The van der Waals surface area contributed by atoms with Gasteiger partial charge in [-0.1, -0.05) is 103 Å². The highest BCUT2D eigenvalue weighted by Gasteiger charge is 2.21. The number of rotatable bonds is 9. The largest absolute Gasteiger partial charge is 0.325 e. The number of aromatic nitrogens is 2. The molecule has 216 valence electrons. The van der Waals surface area contributed by atoms with Crippen molar-refractivity contribution >= 4 is 17.6 Å². The van der Waals surface area contributed by atoms with Gasteiger partial charge < -0.3 is 10.2 Å². The fourth-order valence-corrected chi connectivity index (χ4v) is 4.98. The first-order valence-electron chi connectivity index (χ1n) is 14.2. The smallest absolute Gasteiger partial charge is 0.254 e. The Morgan fingerprint density at radius 2 is 1.25 bits per heavy atom. The Labute approximate surface area is 255 Å². The number of carbonyl (C=O) groups is 2. The van der Waals surface area contributed by atoms with E-state index < -0.39 is 5.91 Å². The highest BCUT2D eigenvalue weighted by molar-refractivity contribution is 5.99. The maximum atomic E-state index is 13.8. The fraction of sp³-hybridized carbons (Fsp3) is 0.0541. The predicted octanol–water partition coefficient (Wildman–Crippen LogP) is 7.63. The monoisotopic (exact) mass is 580 g/mol. The van der Waals surface area contributed by atoms with Crippen molar-refractivity contribution in [1.82, 2.24) is 14.7 Å². The van der Waals surface area contributed by atoms with Crippen molar-refractivity contribution in [1.29, 1.82) is 0 Å². The Balaban J connectivity index is 1.27. The molecule has 0 radical (unpaired) electrons. The Morgan fingerprint density at radius 3 is 1.89 bits per heavy atom. The van der Waals surface area contributed by atoms with Crippen molar-refractivity contribution in [2.45, 2.75) is 6.54 Å². The van der Waals surface area contributed by atoms with Crippen LogP contribution < -0.4 is 5.32 Å². The number of hydrogen-bond donors (Lipinski definition) is 1. The van der Waals surface area contributed by atoms with Crippen LogP contribution in [0.3, 0.4) is 0 Å². The molecule has 1 heterocycles. The molecule has 0 aliphatic heterocycles. The number of hydrogen-bond acceptors (Lipinski definition) is 3. The molecular weight excluding hydrogens is 551 g/mol. The van der Waals surface area contributed by atoms with Crippen LogP contribution in [0.15, 0.2) is 146 Å². The number of benzene rings is 5. The highest BCUT2D eigenvalue weighted by Crippen LogP contribution is 2.25. The highest BCUT2D eigenvalue weighted by atomic mass is 19.1. The van der Waals surface area contributed by atoms with E-state index in [1.165, 1.54) is 17.0 Å². The summed E-state index contributed by atoms with van der Waals surface area (Å²) in [5, 5.41) is 7.64. The summed E-state index contributed by atoms with van der Waals surface area (Å²) >= 11 is 0. The second-order valence-corrected chi connectivity index (χ2v) is 10.3. The summed E-state index contributed by atoms with van der Waals surface area (Å²) in [5.74, 6) is -0.625. The molecular formula is C37H29FN4O2. The molecule has 5 aromatic carbocycles. The van der Waals surface area contributed by atoms with Crippen LogP contribution in [0.1, 0.15) is 15.9 Å². The van der Waals surface area contributed by atoms with Gasteiger partial charge in [-0.05, 0) is 53.1 Å². The third-order valence-electron chi connectivity index (χ3n) is 7.19. The van der Waals surface area contributed by atoms with Crippen LogP contribution in [0, 0.1) is 5.82 Å². The van der Waals surface area contributed by atoms with E-state index in [4.69, 9.17) is 5.10 Å². The van der Waals surface area contributed by atoms with Gasteiger partial charge in [-0.3, -0.25) is 9.59 Å². The number of nitrogens with one attached hydrogen (secondary N) is 1. The van der Waals surface area contributed by atoms with Crippen molar-refractivity contribution in [2.24, 2.45) is 0 Å². The Hall–Kier alpha value is -5.82. The molecule has 6 aromatic rings. The van der Waals surface area contributed by atoms with Gasteiger partial charge in [0.15, 0.2) is 0 Å². The molecule has 2 amide bonds. The van der Waals surface area contributed by atoms with Crippen molar-refractivity contribution in [2.75, 3.05) is 11.9 Å². The molecule has 0 saturated heterocycles. The van der Waals surface area contributed by atoms with Crippen LogP contribution >= 0.6 is 0 Å². The van der Waals surface area contributed by atoms with Gasteiger partial charge >= 0.3 is 0 Å². The molecule has 0 bridgehead atoms. The Morgan fingerprint density at radius 1 is 0.682 bits per heavy atom. The van der Waals surface area contributed by atoms with Crippen LogP contribution in [0.2, 0.25) is 0 Å². The van der Waals surface area contributed by atoms with Crippen molar-refractivity contribution in [3.63, 3.8) is 0 Å². The molecule has 0 aliphatic rings. The van der Waals surface area contributed by atoms with Crippen LogP contribution in [-0.4, -0.2) is 33.0 Å². The molecule has 0 aliphatic carbocycles. The lowest BCUT2D eigenvalue weighted by molar-refractivity contribution is -0.117. The predicted molar refractivity (Wildman–Crippen MR) is 171 cm³/mol. The van der Waals surface area contributed by atoms with Crippen LogP contribution in [0.25, 0.3) is 28.1 Å². The van der Waals surface area contributed by atoms with Gasteiger partial charge in [-0.25, -0.2) is 9.07 Å². The lowest BCUT2D eigenvalue weighted by Gasteiger charge is -2.23. The second kappa shape index (κ2) is 13.0. The number of amides is 2. The van der Waals surface area contributed by atoms with Gasteiger partial charge in [0.25, 0.3) is 5.91 Å². The van der Waals surface area contributed by atoms with Crippen LogP contribution in [0.4, 0.5) is 10.2 Å². The molecule has 0 spiro atoms. The summed E-state index contributed by atoms with van der Waals surface area (Å²) < 4.78 is 15.3. The summed E-state index contributed by atoms with van der Waals surface area (Å²) in [7, 11) is 0. The average Bonchev–Trinajstić information content (AvgIpc) is 3.49. The number of halogens is 1. The summed E-state index contributed by atoms with van der Waals surface area (Å²) in [5.41, 5.74) is 5.52. The second-order valence-electron chi connectivity index (χ2n) is 10.3. The van der Waals surface area contributed by atoms with E-state index >= 15 is 0 Å². The first-order valence-corrected chi connectivity index (χ1v) is 14.2. The maximum absolute atomic E-state index is 13.8. The van der Waals surface area contributed by atoms with E-state index in [0.29, 0.717) is 22.8 Å². The van der Waals surface area contributed by atoms with Gasteiger partial charge in [-0.15, -0.1) is 0 Å². The zero-order chi connectivity index (χ0) is 30.3. The first-order chi connectivity index (χ1) is 21.5. The van der Waals surface area contributed by atoms with Gasteiger partial charge in [0.05, 0.1) is 11.4 Å². The fourth-order valence-electron chi connectivity index (χ4n) is 4.98. The average molecular weight is 581 g/mol. The van der Waals surface area contributed by atoms with Gasteiger partial charge in [0.2, 0.25) is 5.91 Å².